The van der Waals surface area contributed by atoms with Gasteiger partial charge in [-0.1, -0.05) is 146 Å². The molecule has 0 amide bonds. The van der Waals surface area contributed by atoms with Gasteiger partial charge in [-0.2, -0.15) is 0 Å². The summed E-state index contributed by atoms with van der Waals surface area (Å²) < 4.78 is 7.79. The molecule has 0 saturated carbocycles. The van der Waals surface area contributed by atoms with Gasteiger partial charge in [-0.25, -0.2) is 0 Å². The lowest BCUT2D eigenvalue weighted by Crippen LogP contribution is -2.86. The Hall–Kier alpha value is -2.51. The van der Waals surface area contributed by atoms with E-state index in [9.17, 15) is 0 Å². The minimum Gasteiger partial charge on any atom is -0.402 e. The van der Waals surface area contributed by atoms with Gasteiger partial charge in [0.2, 0.25) is 7.83 Å². The van der Waals surface area contributed by atoms with E-state index >= 15 is 0 Å². The zero-order valence-corrected chi connectivity index (χ0v) is 23.7. The van der Waals surface area contributed by atoms with Crippen molar-refractivity contribution < 1.29 is 4.43 Å². The van der Waals surface area contributed by atoms with Gasteiger partial charge in [-0.05, 0) is 28.9 Å². The third-order valence-corrected chi connectivity index (χ3v) is 46.2. The van der Waals surface area contributed by atoms with Gasteiger partial charge in [0, 0.05) is 0 Å². The fraction of sp³-hybridized carbons (Fsp3) is 0.200. The Bertz CT molecular complexity index is 1150. The molecule has 4 aromatic rings. The molecule has 0 bridgehead atoms. The summed E-state index contributed by atoms with van der Waals surface area (Å²) in [5.41, 5.74) is 2.13. The third kappa shape index (κ3) is 3.43. The minimum absolute atomic E-state index is 0.446. The van der Waals surface area contributed by atoms with Crippen molar-refractivity contribution >= 4 is 32.9 Å². The highest BCUT2D eigenvalue weighted by Crippen LogP contribution is 2.51. The maximum atomic E-state index is 7.79. The lowest BCUT2D eigenvalue weighted by molar-refractivity contribution is 0.126. The van der Waals surface area contributed by atoms with Crippen LogP contribution in [0.25, 0.3) is 0 Å². The Morgan fingerprint density at radius 2 is 0.912 bits per heavy atom. The summed E-state index contributed by atoms with van der Waals surface area (Å²) in [6, 6.07) is 45.8. The van der Waals surface area contributed by atoms with Crippen LogP contribution in [0.5, 0.6) is 0 Å². The van der Waals surface area contributed by atoms with Crippen LogP contribution >= 0.6 is 0 Å². The van der Waals surface area contributed by atoms with Gasteiger partial charge in [-0.3, -0.25) is 0 Å². The van der Waals surface area contributed by atoms with E-state index in [0.29, 0.717) is 0 Å². The van der Waals surface area contributed by atoms with Crippen LogP contribution in [0.3, 0.4) is 0 Å². The van der Waals surface area contributed by atoms with E-state index < -0.39 is 28.1 Å². The standard InChI is InChI=1S/C30H34OSi3/c1-32(2)33(3,28-21-13-7-14-22-28)25-30(26-17-9-5-10-18-26,27-19-11-6-12-20-27)31-34(32,4)29-23-15-8-16-24-29/h5-24H,25H2,1-4H3. The Kier molecular flexibility index (Phi) is 5.89. The molecular formula is C30H34OSi3. The SMILES string of the molecule is C[Si]1(c2ccccc2)CC(c2ccccc2)(c2ccccc2)O[Si](C)(c2ccccc2)[Si]1(C)C. The fourth-order valence-corrected chi connectivity index (χ4v) is 39.2. The third-order valence-electron chi connectivity index (χ3n) is 8.77. The summed E-state index contributed by atoms with van der Waals surface area (Å²) in [6.07, 6.45) is 0. The molecule has 1 nitrogen and oxygen atoms in total. The topological polar surface area (TPSA) is 9.23 Å². The number of rotatable bonds is 4. The van der Waals surface area contributed by atoms with E-state index in [4.69, 9.17) is 4.43 Å². The molecule has 0 aromatic heterocycles. The van der Waals surface area contributed by atoms with Crippen LogP contribution in [0.1, 0.15) is 11.1 Å². The van der Waals surface area contributed by atoms with Crippen molar-refractivity contribution in [3.05, 3.63) is 132 Å². The minimum atomic E-state index is -2.36. The lowest BCUT2D eigenvalue weighted by Gasteiger charge is -2.61. The Morgan fingerprint density at radius 1 is 0.529 bits per heavy atom. The van der Waals surface area contributed by atoms with E-state index in [1.54, 1.807) is 5.19 Å². The highest BCUT2D eigenvalue weighted by atomic mass is 29.6. The molecule has 1 fully saturated rings. The van der Waals surface area contributed by atoms with Crippen molar-refractivity contribution in [2.24, 2.45) is 0 Å². The smallest absolute Gasteiger partial charge is 0.206 e. The summed E-state index contributed by atoms with van der Waals surface area (Å²) in [5, 5.41) is 3.03. The highest BCUT2D eigenvalue weighted by molar-refractivity contribution is 7.72. The van der Waals surface area contributed by atoms with Crippen LogP contribution in [0.15, 0.2) is 121 Å². The Morgan fingerprint density at radius 3 is 1.35 bits per heavy atom. The Labute approximate surface area is 207 Å². The zero-order valence-electron chi connectivity index (χ0n) is 20.7. The van der Waals surface area contributed by atoms with Gasteiger partial charge in [0.15, 0.2) is 0 Å². The van der Waals surface area contributed by atoms with Crippen molar-refractivity contribution in [1.29, 1.82) is 0 Å². The van der Waals surface area contributed by atoms with E-state index in [-0.39, 0.29) is 0 Å². The van der Waals surface area contributed by atoms with Crippen LogP contribution in [-0.2, 0) is 10.0 Å². The van der Waals surface area contributed by atoms with Crippen molar-refractivity contribution in [2.75, 3.05) is 0 Å². The van der Waals surface area contributed by atoms with Gasteiger partial charge in [-0.15, -0.1) is 0 Å². The van der Waals surface area contributed by atoms with Gasteiger partial charge in [0.05, 0.1) is 14.7 Å². The van der Waals surface area contributed by atoms with E-state index in [2.05, 4.69) is 148 Å². The van der Waals surface area contributed by atoms with Gasteiger partial charge >= 0.3 is 0 Å². The molecule has 5 rings (SSSR count). The first-order chi connectivity index (χ1) is 16.3. The quantitative estimate of drug-likeness (QED) is 0.303. The normalized spacial score (nSPS) is 25.5. The first-order valence-electron chi connectivity index (χ1n) is 12.3. The summed E-state index contributed by atoms with van der Waals surface area (Å²) in [7, 11) is -6.22. The second-order valence-corrected chi connectivity index (χ2v) is 35.4. The molecule has 4 aromatic carbocycles. The maximum absolute atomic E-state index is 7.79. The fourth-order valence-electron chi connectivity index (χ4n) is 6.11. The van der Waals surface area contributed by atoms with Crippen molar-refractivity contribution in [3.63, 3.8) is 0 Å². The monoisotopic (exact) mass is 494 g/mol. The van der Waals surface area contributed by atoms with Crippen LogP contribution in [0, 0.1) is 0 Å². The van der Waals surface area contributed by atoms with Crippen molar-refractivity contribution in [2.45, 2.75) is 37.8 Å². The summed E-state index contributed by atoms with van der Waals surface area (Å²) in [6.45, 7) is 10.5. The Balaban J connectivity index is 1.85. The second-order valence-electron chi connectivity index (χ2n) is 10.6. The molecule has 0 N–H and O–H groups in total. The summed E-state index contributed by atoms with van der Waals surface area (Å²) in [4.78, 5) is 0. The first kappa shape index (κ1) is 23.2. The molecule has 1 aliphatic rings. The van der Waals surface area contributed by atoms with E-state index in [0.717, 1.165) is 6.04 Å². The molecule has 0 aliphatic carbocycles. The molecule has 1 aliphatic heterocycles. The van der Waals surface area contributed by atoms with Gasteiger partial charge < -0.3 is 4.43 Å². The van der Waals surface area contributed by atoms with Gasteiger partial charge in [0.25, 0.3) is 0 Å². The largest absolute Gasteiger partial charge is 0.402 e. The van der Waals surface area contributed by atoms with E-state index in [1.807, 2.05) is 0 Å². The predicted molar refractivity (Wildman–Crippen MR) is 152 cm³/mol. The average Bonchev–Trinajstić information content (AvgIpc) is 2.89. The predicted octanol–water partition coefficient (Wildman–Crippen LogP) is 6.29. The molecule has 4 heteroatoms. The number of benzene rings is 4. The van der Waals surface area contributed by atoms with Crippen LogP contribution in [-0.4, -0.2) is 22.5 Å². The molecule has 2 unspecified atom stereocenters. The first-order valence-corrected chi connectivity index (χ1v) is 22.4. The second kappa shape index (κ2) is 8.61. The van der Waals surface area contributed by atoms with E-state index in [1.165, 1.54) is 16.3 Å². The molecule has 0 spiro atoms. The molecule has 172 valence electrons. The summed E-state index contributed by atoms with van der Waals surface area (Å²) in [5.74, 6) is 0. The zero-order chi connectivity index (χ0) is 23.9. The molecule has 34 heavy (non-hydrogen) atoms. The maximum Gasteiger partial charge on any atom is 0.206 e. The van der Waals surface area contributed by atoms with Crippen LogP contribution in [0.2, 0.25) is 32.2 Å². The lowest BCUT2D eigenvalue weighted by atomic mass is 9.88. The molecular weight excluding hydrogens is 461 g/mol. The molecule has 1 saturated heterocycles. The highest BCUT2D eigenvalue weighted by Gasteiger charge is 2.68. The number of hydrogen-bond acceptors (Lipinski definition) is 1. The molecule has 1 heterocycles. The van der Waals surface area contributed by atoms with Crippen LogP contribution < -0.4 is 10.4 Å². The average molecular weight is 495 g/mol. The molecule has 2 atom stereocenters. The molecule has 0 radical (unpaired) electrons. The van der Waals surface area contributed by atoms with Gasteiger partial charge in [0.1, 0.15) is 5.60 Å². The van der Waals surface area contributed by atoms with Crippen molar-refractivity contribution in [1.82, 2.24) is 0 Å². The number of hydrogen-bond donors (Lipinski definition) is 0. The van der Waals surface area contributed by atoms with Crippen molar-refractivity contribution in [3.8, 4) is 0 Å². The van der Waals surface area contributed by atoms with Crippen LogP contribution in [0.4, 0.5) is 0 Å². The summed E-state index contributed by atoms with van der Waals surface area (Å²) >= 11 is 0.